The van der Waals surface area contributed by atoms with Crippen LogP contribution in [0.2, 0.25) is 0 Å². The molecular formula is C22H29N3O3S. The van der Waals surface area contributed by atoms with Crippen LogP contribution in [0.5, 0.6) is 0 Å². The largest absolute Gasteiger partial charge is 0.368 e. The number of hydrogen-bond acceptors (Lipinski definition) is 4. The molecule has 1 aliphatic heterocycles. The summed E-state index contributed by atoms with van der Waals surface area (Å²) in [5, 5.41) is 0. The molecule has 0 aromatic heterocycles. The standard InChI is InChI=1S/C22H29N3O3S/c1-3-4-17-29(27,28)23-19-9-11-20(12-10-19)24-13-15-25(16-14-24)22(26)21-8-6-5-7-18(21)2/h5-12,23H,3-4,13-17H2,1-2H3. The summed E-state index contributed by atoms with van der Waals surface area (Å²) in [6.45, 7) is 6.76. The maximum atomic E-state index is 12.8. The van der Waals surface area contributed by atoms with Gasteiger partial charge >= 0.3 is 0 Å². The average molecular weight is 416 g/mol. The second kappa shape index (κ2) is 9.31. The number of carbonyl (C=O) groups excluding carboxylic acids is 1. The average Bonchev–Trinajstić information content (AvgIpc) is 2.73. The van der Waals surface area contributed by atoms with Crippen LogP contribution < -0.4 is 9.62 Å². The number of piperazine rings is 1. The van der Waals surface area contributed by atoms with Crippen LogP contribution in [0, 0.1) is 6.92 Å². The van der Waals surface area contributed by atoms with Crippen molar-refractivity contribution in [2.45, 2.75) is 26.7 Å². The van der Waals surface area contributed by atoms with Gasteiger partial charge in [0.2, 0.25) is 10.0 Å². The monoisotopic (exact) mass is 415 g/mol. The number of nitrogens with one attached hydrogen (secondary N) is 1. The first-order valence-corrected chi connectivity index (χ1v) is 11.8. The van der Waals surface area contributed by atoms with Crippen LogP contribution in [0.15, 0.2) is 48.5 Å². The van der Waals surface area contributed by atoms with E-state index < -0.39 is 10.0 Å². The lowest BCUT2D eigenvalue weighted by molar-refractivity contribution is 0.0746. The molecule has 3 rings (SSSR count). The lowest BCUT2D eigenvalue weighted by Crippen LogP contribution is -2.48. The molecule has 7 heteroatoms. The number of carbonyl (C=O) groups is 1. The molecule has 1 saturated heterocycles. The first kappa shape index (κ1) is 21.2. The van der Waals surface area contributed by atoms with Gasteiger partial charge in [0.05, 0.1) is 5.75 Å². The first-order valence-electron chi connectivity index (χ1n) is 10.1. The molecule has 2 aromatic rings. The van der Waals surface area contributed by atoms with Gasteiger partial charge in [-0.2, -0.15) is 0 Å². The van der Waals surface area contributed by atoms with Crippen molar-refractivity contribution in [2.75, 3.05) is 41.6 Å². The van der Waals surface area contributed by atoms with E-state index in [4.69, 9.17) is 0 Å². The number of benzene rings is 2. The van der Waals surface area contributed by atoms with Crippen LogP contribution in [0.1, 0.15) is 35.7 Å². The predicted octanol–water partition coefficient (Wildman–Crippen LogP) is 3.50. The quantitative estimate of drug-likeness (QED) is 0.751. The van der Waals surface area contributed by atoms with Gasteiger partial charge in [-0.05, 0) is 49.2 Å². The van der Waals surface area contributed by atoms with Crippen LogP contribution >= 0.6 is 0 Å². The summed E-state index contributed by atoms with van der Waals surface area (Å²) in [5.74, 6) is 0.224. The number of sulfonamides is 1. The molecule has 29 heavy (non-hydrogen) atoms. The SMILES string of the molecule is CCCCS(=O)(=O)Nc1ccc(N2CCN(C(=O)c3ccccc3C)CC2)cc1. The lowest BCUT2D eigenvalue weighted by atomic mass is 10.1. The topological polar surface area (TPSA) is 69.7 Å². The minimum absolute atomic E-state index is 0.0829. The molecule has 0 radical (unpaired) electrons. The fraction of sp³-hybridized carbons (Fsp3) is 0.409. The Bertz CT molecular complexity index is 934. The molecule has 0 aliphatic carbocycles. The summed E-state index contributed by atoms with van der Waals surface area (Å²) in [4.78, 5) is 16.9. The van der Waals surface area contributed by atoms with Gasteiger partial charge in [-0.3, -0.25) is 9.52 Å². The Morgan fingerprint density at radius 3 is 2.28 bits per heavy atom. The molecule has 1 amide bonds. The summed E-state index contributed by atoms with van der Waals surface area (Å²) >= 11 is 0. The molecule has 0 spiro atoms. The molecule has 6 nitrogen and oxygen atoms in total. The fourth-order valence-electron chi connectivity index (χ4n) is 3.46. The van der Waals surface area contributed by atoms with Gasteiger partial charge in [-0.1, -0.05) is 31.5 Å². The van der Waals surface area contributed by atoms with Crippen molar-refractivity contribution in [1.29, 1.82) is 0 Å². The van der Waals surface area contributed by atoms with Crippen LogP contribution in [0.25, 0.3) is 0 Å². The highest BCUT2D eigenvalue weighted by Crippen LogP contribution is 2.21. The Morgan fingerprint density at radius 2 is 1.66 bits per heavy atom. The normalized spacial score (nSPS) is 14.7. The van der Waals surface area contributed by atoms with Gasteiger partial charge in [0.25, 0.3) is 5.91 Å². The van der Waals surface area contributed by atoms with E-state index in [0.717, 1.165) is 36.3 Å². The van der Waals surface area contributed by atoms with Crippen molar-refractivity contribution in [1.82, 2.24) is 4.90 Å². The van der Waals surface area contributed by atoms with Crippen molar-refractivity contribution < 1.29 is 13.2 Å². The van der Waals surface area contributed by atoms with Gasteiger partial charge in [0, 0.05) is 43.1 Å². The number of nitrogens with zero attached hydrogens (tertiary/aromatic N) is 2. The van der Waals surface area contributed by atoms with Crippen molar-refractivity contribution in [3.8, 4) is 0 Å². The molecule has 0 saturated carbocycles. The zero-order valence-electron chi connectivity index (χ0n) is 17.1. The van der Waals surface area contributed by atoms with Gasteiger partial charge in [-0.25, -0.2) is 8.42 Å². The first-order chi connectivity index (χ1) is 13.9. The maximum Gasteiger partial charge on any atom is 0.254 e. The Balaban J connectivity index is 1.57. The third-order valence-corrected chi connectivity index (χ3v) is 6.59. The van der Waals surface area contributed by atoms with Crippen LogP contribution in [-0.4, -0.2) is 51.2 Å². The number of anilines is 2. The van der Waals surface area contributed by atoms with Crippen molar-refractivity contribution in [3.05, 3.63) is 59.7 Å². The maximum absolute atomic E-state index is 12.8. The van der Waals surface area contributed by atoms with Gasteiger partial charge in [-0.15, -0.1) is 0 Å². The highest BCUT2D eigenvalue weighted by atomic mass is 32.2. The van der Waals surface area contributed by atoms with E-state index in [9.17, 15) is 13.2 Å². The molecular weight excluding hydrogens is 386 g/mol. The van der Waals surface area contributed by atoms with Gasteiger partial charge in [0.15, 0.2) is 0 Å². The molecule has 0 atom stereocenters. The van der Waals surface area contributed by atoms with Gasteiger partial charge < -0.3 is 9.80 Å². The van der Waals surface area contributed by atoms with Crippen LogP contribution in [0.4, 0.5) is 11.4 Å². The Kier molecular flexibility index (Phi) is 6.79. The second-order valence-corrected chi connectivity index (χ2v) is 9.26. The summed E-state index contributed by atoms with van der Waals surface area (Å²) in [6, 6.07) is 15.1. The summed E-state index contributed by atoms with van der Waals surface area (Å²) in [7, 11) is -3.29. The molecule has 1 fully saturated rings. The zero-order chi connectivity index (χ0) is 20.9. The lowest BCUT2D eigenvalue weighted by Gasteiger charge is -2.36. The highest BCUT2D eigenvalue weighted by molar-refractivity contribution is 7.92. The molecule has 0 unspecified atom stereocenters. The molecule has 1 N–H and O–H groups in total. The number of rotatable bonds is 7. The molecule has 1 aliphatic rings. The molecule has 1 heterocycles. The van der Waals surface area contributed by atoms with Crippen molar-refractivity contribution in [2.24, 2.45) is 0 Å². The summed E-state index contributed by atoms with van der Waals surface area (Å²) in [5.41, 5.74) is 3.38. The van der Waals surface area contributed by atoms with Crippen LogP contribution in [-0.2, 0) is 10.0 Å². The molecule has 156 valence electrons. The number of aryl methyl sites for hydroxylation is 1. The van der Waals surface area contributed by atoms with E-state index in [1.807, 2.05) is 55.1 Å². The van der Waals surface area contributed by atoms with Crippen molar-refractivity contribution in [3.63, 3.8) is 0 Å². The zero-order valence-corrected chi connectivity index (χ0v) is 17.9. The van der Waals surface area contributed by atoms with E-state index in [-0.39, 0.29) is 11.7 Å². The molecule has 0 bridgehead atoms. The number of hydrogen-bond donors (Lipinski definition) is 1. The minimum atomic E-state index is -3.29. The van der Waals surface area contributed by atoms with E-state index in [1.54, 1.807) is 12.1 Å². The van der Waals surface area contributed by atoms with E-state index in [1.165, 1.54) is 0 Å². The minimum Gasteiger partial charge on any atom is -0.368 e. The Hall–Kier alpha value is -2.54. The van der Waals surface area contributed by atoms with E-state index >= 15 is 0 Å². The van der Waals surface area contributed by atoms with E-state index in [2.05, 4.69) is 9.62 Å². The van der Waals surface area contributed by atoms with Gasteiger partial charge in [0.1, 0.15) is 0 Å². The summed E-state index contributed by atoms with van der Waals surface area (Å²) in [6.07, 6.45) is 1.50. The third kappa shape index (κ3) is 5.50. The Morgan fingerprint density at radius 1 is 1.00 bits per heavy atom. The Labute approximate surface area is 173 Å². The number of amides is 1. The highest BCUT2D eigenvalue weighted by Gasteiger charge is 2.23. The predicted molar refractivity (Wildman–Crippen MR) is 118 cm³/mol. The third-order valence-electron chi connectivity index (χ3n) is 5.21. The summed E-state index contributed by atoms with van der Waals surface area (Å²) < 4.78 is 26.7. The van der Waals surface area contributed by atoms with Crippen LogP contribution in [0.3, 0.4) is 0 Å². The molecule has 2 aromatic carbocycles. The second-order valence-electron chi connectivity index (χ2n) is 7.42. The van der Waals surface area contributed by atoms with Crippen molar-refractivity contribution >= 4 is 27.3 Å². The smallest absolute Gasteiger partial charge is 0.254 e. The van der Waals surface area contributed by atoms with E-state index in [0.29, 0.717) is 25.2 Å². The fourth-order valence-corrected chi connectivity index (χ4v) is 4.72. The number of unbranched alkanes of at least 4 members (excludes halogenated alkanes) is 1.